The first-order chi connectivity index (χ1) is 9.95. The molecule has 3 rings (SSSR count). The zero-order valence-corrected chi connectivity index (χ0v) is 10.9. The van der Waals surface area contributed by atoms with E-state index in [-0.39, 0.29) is 40.7 Å². The molecule has 6 nitrogen and oxygen atoms in total. The molecular weight excluding hydrogens is 276 g/mol. The second kappa shape index (κ2) is 4.75. The number of aliphatic hydroxyl groups excluding tert-OH is 1. The molecule has 1 heterocycles. The van der Waals surface area contributed by atoms with Crippen LogP contribution in [0, 0.1) is 0 Å². The number of phenolic OH excluding ortho intramolecular Hbond substituents is 4. The van der Waals surface area contributed by atoms with Crippen molar-refractivity contribution in [3.8, 4) is 28.7 Å². The standard InChI is InChI=1S/C15H14O6/c16-8-4-11(19)15-12(20)6-13(21-14(15)5-8)7-1-2-9(17)10(18)3-7/h1-5,12-13,16-20H,6H2/t12-,13+/m0/s1. The van der Waals surface area contributed by atoms with Gasteiger partial charge < -0.3 is 30.3 Å². The van der Waals surface area contributed by atoms with Crippen LogP contribution < -0.4 is 4.74 Å². The Balaban J connectivity index is 1.99. The number of ether oxygens (including phenoxy) is 1. The maximum atomic E-state index is 10.2. The van der Waals surface area contributed by atoms with Crippen molar-refractivity contribution in [1.29, 1.82) is 0 Å². The Morgan fingerprint density at radius 2 is 1.67 bits per heavy atom. The fourth-order valence-corrected chi connectivity index (χ4v) is 2.50. The van der Waals surface area contributed by atoms with Crippen molar-refractivity contribution in [3.05, 3.63) is 41.5 Å². The van der Waals surface area contributed by atoms with E-state index in [1.165, 1.54) is 18.2 Å². The fraction of sp³-hybridized carbons (Fsp3) is 0.200. The van der Waals surface area contributed by atoms with E-state index >= 15 is 0 Å². The van der Waals surface area contributed by atoms with Crippen LogP contribution in [0.25, 0.3) is 0 Å². The topological polar surface area (TPSA) is 110 Å². The molecule has 2 aromatic carbocycles. The minimum Gasteiger partial charge on any atom is -0.508 e. The number of hydrogen-bond acceptors (Lipinski definition) is 6. The smallest absolute Gasteiger partial charge is 0.157 e. The van der Waals surface area contributed by atoms with Crippen LogP contribution in [0.15, 0.2) is 30.3 Å². The Kier molecular flexibility index (Phi) is 3.03. The lowest BCUT2D eigenvalue weighted by Crippen LogP contribution is -2.19. The summed E-state index contributed by atoms with van der Waals surface area (Å²) in [7, 11) is 0. The fourth-order valence-electron chi connectivity index (χ4n) is 2.50. The van der Waals surface area contributed by atoms with Crippen LogP contribution in [0.5, 0.6) is 28.7 Å². The third-order valence-electron chi connectivity index (χ3n) is 3.52. The van der Waals surface area contributed by atoms with Gasteiger partial charge in [0.25, 0.3) is 0 Å². The highest BCUT2D eigenvalue weighted by atomic mass is 16.5. The van der Waals surface area contributed by atoms with Crippen LogP contribution in [0.1, 0.15) is 29.8 Å². The van der Waals surface area contributed by atoms with Gasteiger partial charge >= 0.3 is 0 Å². The molecule has 2 aromatic rings. The maximum Gasteiger partial charge on any atom is 0.157 e. The minimum atomic E-state index is -0.963. The zero-order valence-electron chi connectivity index (χ0n) is 10.9. The summed E-state index contributed by atoms with van der Waals surface area (Å²) < 4.78 is 5.67. The molecule has 5 N–H and O–H groups in total. The first-order valence-corrected chi connectivity index (χ1v) is 6.38. The van der Waals surface area contributed by atoms with Gasteiger partial charge in [-0.1, -0.05) is 6.07 Å². The van der Waals surface area contributed by atoms with Crippen LogP contribution in [0.3, 0.4) is 0 Å². The second-order valence-electron chi connectivity index (χ2n) is 4.98. The number of aromatic hydroxyl groups is 4. The predicted molar refractivity (Wildman–Crippen MR) is 72.5 cm³/mol. The lowest BCUT2D eigenvalue weighted by atomic mass is 9.94. The van der Waals surface area contributed by atoms with Crippen LogP contribution in [0.2, 0.25) is 0 Å². The molecule has 0 aliphatic carbocycles. The second-order valence-corrected chi connectivity index (χ2v) is 4.98. The molecule has 0 bridgehead atoms. The first-order valence-electron chi connectivity index (χ1n) is 6.38. The highest BCUT2D eigenvalue weighted by Gasteiger charge is 2.31. The van der Waals surface area contributed by atoms with Crippen molar-refractivity contribution < 1.29 is 30.3 Å². The van der Waals surface area contributed by atoms with Gasteiger partial charge in [-0.3, -0.25) is 0 Å². The SMILES string of the molecule is Oc1cc(O)c2c(c1)O[C@@H](c1ccc(O)c(O)c1)C[C@@H]2O. The van der Waals surface area contributed by atoms with Gasteiger partial charge in [0, 0.05) is 18.6 Å². The lowest BCUT2D eigenvalue weighted by Gasteiger charge is -2.30. The number of benzene rings is 2. The molecule has 1 aliphatic heterocycles. The van der Waals surface area contributed by atoms with Crippen LogP contribution in [-0.2, 0) is 0 Å². The largest absolute Gasteiger partial charge is 0.508 e. The summed E-state index contributed by atoms with van der Waals surface area (Å²) in [6, 6.07) is 6.69. The summed E-state index contributed by atoms with van der Waals surface area (Å²) in [5.41, 5.74) is 0.796. The molecule has 0 spiro atoms. The molecule has 0 unspecified atom stereocenters. The van der Waals surface area contributed by atoms with Gasteiger partial charge in [-0.25, -0.2) is 0 Å². The monoisotopic (exact) mass is 290 g/mol. The highest BCUT2D eigenvalue weighted by molar-refractivity contribution is 5.52. The summed E-state index contributed by atoms with van der Waals surface area (Å²) in [5, 5.41) is 48.3. The molecule has 0 aromatic heterocycles. The number of hydrogen-bond donors (Lipinski definition) is 5. The third-order valence-corrected chi connectivity index (χ3v) is 3.52. The number of fused-ring (bicyclic) bond motifs is 1. The molecule has 0 saturated heterocycles. The molecule has 1 aliphatic rings. The van der Waals surface area contributed by atoms with Crippen molar-refractivity contribution in [1.82, 2.24) is 0 Å². The van der Waals surface area contributed by atoms with Crippen molar-refractivity contribution in [2.24, 2.45) is 0 Å². The van der Waals surface area contributed by atoms with E-state index in [2.05, 4.69) is 0 Å². The van der Waals surface area contributed by atoms with E-state index < -0.39 is 12.2 Å². The zero-order chi connectivity index (χ0) is 15.1. The quantitative estimate of drug-likeness (QED) is 0.514. The molecule has 6 heteroatoms. The summed E-state index contributed by atoms with van der Waals surface area (Å²) in [4.78, 5) is 0. The normalized spacial score (nSPS) is 20.6. The third kappa shape index (κ3) is 2.30. The Labute approximate surface area is 120 Å². The minimum absolute atomic E-state index is 0.173. The molecule has 2 atom stereocenters. The number of rotatable bonds is 1. The van der Waals surface area contributed by atoms with Gasteiger partial charge in [0.05, 0.1) is 11.7 Å². The van der Waals surface area contributed by atoms with Gasteiger partial charge in [0.2, 0.25) is 0 Å². The molecule has 110 valence electrons. The Hall–Kier alpha value is -2.60. The van der Waals surface area contributed by atoms with E-state index in [4.69, 9.17) is 4.74 Å². The van der Waals surface area contributed by atoms with Gasteiger partial charge in [-0.2, -0.15) is 0 Å². The van der Waals surface area contributed by atoms with Crippen LogP contribution >= 0.6 is 0 Å². The van der Waals surface area contributed by atoms with Crippen molar-refractivity contribution >= 4 is 0 Å². The van der Waals surface area contributed by atoms with E-state index in [1.54, 1.807) is 6.07 Å². The van der Waals surface area contributed by atoms with Crippen LogP contribution in [0.4, 0.5) is 0 Å². The first kappa shape index (κ1) is 13.4. The summed E-state index contributed by atoms with van der Waals surface area (Å²) in [6.45, 7) is 0. The Morgan fingerprint density at radius 3 is 2.38 bits per heavy atom. The Bertz CT molecular complexity index is 697. The predicted octanol–water partition coefficient (Wildman–Crippen LogP) is 2.07. The van der Waals surface area contributed by atoms with Crippen molar-refractivity contribution in [2.45, 2.75) is 18.6 Å². The van der Waals surface area contributed by atoms with Crippen LogP contribution in [-0.4, -0.2) is 25.5 Å². The van der Waals surface area contributed by atoms with Gasteiger partial charge in [0.15, 0.2) is 11.5 Å². The number of aliphatic hydroxyl groups is 1. The molecular formula is C15H14O6. The summed E-state index contributed by atoms with van der Waals surface area (Å²) in [5.74, 6) is -0.748. The van der Waals surface area contributed by atoms with Crippen molar-refractivity contribution in [3.63, 3.8) is 0 Å². The molecule has 0 amide bonds. The molecule has 21 heavy (non-hydrogen) atoms. The van der Waals surface area contributed by atoms with E-state index in [0.717, 1.165) is 6.07 Å². The van der Waals surface area contributed by atoms with E-state index in [0.29, 0.717) is 5.56 Å². The van der Waals surface area contributed by atoms with Gasteiger partial charge in [-0.15, -0.1) is 0 Å². The van der Waals surface area contributed by atoms with Gasteiger partial charge in [-0.05, 0) is 17.7 Å². The maximum absolute atomic E-state index is 10.2. The highest BCUT2D eigenvalue weighted by Crippen LogP contribution is 2.47. The van der Waals surface area contributed by atoms with Gasteiger partial charge in [0.1, 0.15) is 23.4 Å². The van der Waals surface area contributed by atoms with Crippen molar-refractivity contribution in [2.75, 3.05) is 0 Å². The molecule has 0 fully saturated rings. The summed E-state index contributed by atoms with van der Waals surface area (Å²) in [6.07, 6.45) is -1.36. The molecule has 0 saturated carbocycles. The van der Waals surface area contributed by atoms with E-state index in [1.807, 2.05) is 0 Å². The van der Waals surface area contributed by atoms with E-state index in [9.17, 15) is 25.5 Å². The molecule has 0 radical (unpaired) electrons. The Morgan fingerprint density at radius 1 is 0.905 bits per heavy atom. The average Bonchev–Trinajstić information content (AvgIpc) is 2.40. The lowest BCUT2D eigenvalue weighted by molar-refractivity contribution is 0.0630. The summed E-state index contributed by atoms with van der Waals surface area (Å²) >= 11 is 0. The average molecular weight is 290 g/mol. The number of phenols is 4.